The molecule has 0 spiro atoms. The van der Waals surface area contributed by atoms with Gasteiger partial charge in [-0.3, -0.25) is 0 Å². The predicted molar refractivity (Wildman–Crippen MR) is 104 cm³/mol. The van der Waals surface area contributed by atoms with E-state index in [9.17, 15) is 13.2 Å². The van der Waals surface area contributed by atoms with Crippen molar-refractivity contribution in [3.63, 3.8) is 0 Å². The lowest BCUT2D eigenvalue weighted by Crippen LogP contribution is -2.40. The first-order chi connectivity index (χ1) is 14.0. The molecule has 160 valence electrons. The van der Waals surface area contributed by atoms with Crippen molar-refractivity contribution < 1.29 is 22.4 Å². The Morgan fingerprint density at radius 2 is 1.83 bits per heavy atom. The molecule has 0 amide bonds. The van der Waals surface area contributed by atoms with E-state index in [-0.39, 0.29) is 29.7 Å². The van der Waals surface area contributed by atoms with Crippen molar-refractivity contribution in [2.75, 3.05) is 19.7 Å². The van der Waals surface area contributed by atoms with Gasteiger partial charge in [-0.1, -0.05) is 50.6 Å². The van der Waals surface area contributed by atoms with Crippen LogP contribution >= 0.6 is 0 Å². The van der Waals surface area contributed by atoms with Gasteiger partial charge in [0.15, 0.2) is 0 Å². The van der Waals surface area contributed by atoms with Crippen LogP contribution in [0.2, 0.25) is 0 Å². The van der Waals surface area contributed by atoms with Crippen molar-refractivity contribution in [1.29, 1.82) is 0 Å². The van der Waals surface area contributed by atoms with Gasteiger partial charge < -0.3 is 14.6 Å². The van der Waals surface area contributed by atoms with E-state index in [1.807, 2.05) is 0 Å². The van der Waals surface area contributed by atoms with Crippen molar-refractivity contribution in [2.45, 2.75) is 64.0 Å². The van der Waals surface area contributed by atoms with Crippen molar-refractivity contribution in [1.82, 2.24) is 15.5 Å². The molecule has 1 aromatic heterocycles. The Labute approximate surface area is 169 Å². The molecule has 3 rings (SSSR count). The van der Waals surface area contributed by atoms with E-state index in [1.54, 1.807) is 6.07 Å². The topological polar surface area (TPSA) is 60.2 Å². The number of aromatic nitrogens is 2. The fourth-order valence-corrected chi connectivity index (χ4v) is 3.24. The second-order valence-corrected chi connectivity index (χ2v) is 7.49. The molecule has 0 radical (unpaired) electrons. The summed E-state index contributed by atoms with van der Waals surface area (Å²) in [6.07, 6.45) is 3.09. The molecule has 2 heterocycles. The summed E-state index contributed by atoms with van der Waals surface area (Å²) in [6.45, 7) is 3.92. The van der Waals surface area contributed by atoms with E-state index in [0.29, 0.717) is 5.89 Å². The summed E-state index contributed by atoms with van der Waals surface area (Å²) in [4.78, 5) is 4.25. The molecular weight excluding hydrogens is 383 g/mol. The number of benzene rings is 1. The van der Waals surface area contributed by atoms with Crippen LogP contribution in [0.1, 0.15) is 69.2 Å². The minimum absolute atomic E-state index is 0.128. The number of hydrogen-bond acceptors (Lipinski definition) is 5. The largest absolute Gasteiger partial charge is 0.493 e. The number of halogens is 3. The van der Waals surface area contributed by atoms with Gasteiger partial charge in [0.25, 0.3) is 0 Å². The number of nitrogens with zero attached hydrogens (tertiary/aromatic N) is 2. The maximum Gasteiger partial charge on any atom is 0.419 e. The lowest BCUT2D eigenvalue weighted by atomic mass is 10.0. The van der Waals surface area contributed by atoms with Crippen molar-refractivity contribution in [2.24, 2.45) is 0 Å². The molecule has 1 saturated heterocycles. The Kier molecular flexibility index (Phi) is 7.52. The summed E-state index contributed by atoms with van der Waals surface area (Å²) in [5.74, 6) is 0.588. The SMILES string of the molecule is CCCCCCCCCOc1ccc(-c2noc(C3CNC3)n2)cc1C(F)(F)F. The molecule has 8 heteroatoms. The first kappa shape index (κ1) is 21.6. The normalized spacial score (nSPS) is 14.8. The quantitative estimate of drug-likeness (QED) is 0.490. The van der Waals surface area contributed by atoms with Crippen LogP contribution in [-0.4, -0.2) is 29.8 Å². The van der Waals surface area contributed by atoms with Crippen LogP contribution in [0.25, 0.3) is 11.4 Å². The van der Waals surface area contributed by atoms with Crippen molar-refractivity contribution in [3.05, 3.63) is 29.7 Å². The summed E-state index contributed by atoms with van der Waals surface area (Å²) in [6, 6.07) is 3.93. The molecule has 0 bridgehead atoms. The molecular formula is C21H28F3N3O2. The van der Waals surface area contributed by atoms with Crippen LogP contribution in [0.15, 0.2) is 22.7 Å². The van der Waals surface area contributed by atoms with E-state index in [0.717, 1.165) is 38.4 Å². The van der Waals surface area contributed by atoms with Gasteiger partial charge in [-0.25, -0.2) is 0 Å². The number of unbranched alkanes of at least 4 members (excludes halogenated alkanes) is 6. The lowest BCUT2D eigenvalue weighted by Gasteiger charge is -2.22. The number of rotatable bonds is 11. The molecule has 1 N–H and O–H groups in total. The highest BCUT2D eigenvalue weighted by Gasteiger charge is 2.35. The smallest absolute Gasteiger partial charge is 0.419 e. The average molecular weight is 411 g/mol. The third-order valence-electron chi connectivity index (χ3n) is 5.12. The third kappa shape index (κ3) is 5.95. The summed E-state index contributed by atoms with van der Waals surface area (Å²) in [5.41, 5.74) is -0.544. The van der Waals surface area contributed by atoms with Gasteiger partial charge in [0, 0.05) is 18.7 Å². The van der Waals surface area contributed by atoms with Gasteiger partial charge >= 0.3 is 6.18 Å². The maximum atomic E-state index is 13.5. The highest BCUT2D eigenvalue weighted by molar-refractivity contribution is 5.59. The maximum absolute atomic E-state index is 13.5. The highest BCUT2D eigenvalue weighted by atomic mass is 19.4. The Morgan fingerprint density at radius 1 is 1.10 bits per heavy atom. The van der Waals surface area contributed by atoms with Gasteiger partial charge in [0.1, 0.15) is 5.75 Å². The fraction of sp³-hybridized carbons (Fsp3) is 0.619. The van der Waals surface area contributed by atoms with E-state index >= 15 is 0 Å². The molecule has 1 fully saturated rings. The Hall–Kier alpha value is -2.09. The van der Waals surface area contributed by atoms with Crippen molar-refractivity contribution in [3.8, 4) is 17.1 Å². The number of alkyl halides is 3. The molecule has 0 saturated carbocycles. The van der Waals surface area contributed by atoms with E-state index in [4.69, 9.17) is 9.26 Å². The van der Waals surface area contributed by atoms with Crippen LogP contribution in [0.4, 0.5) is 13.2 Å². The third-order valence-corrected chi connectivity index (χ3v) is 5.12. The zero-order chi connectivity index (χ0) is 20.7. The zero-order valence-corrected chi connectivity index (χ0v) is 16.7. The first-order valence-electron chi connectivity index (χ1n) is 10.4. The monoisotopic (exact) mass is 411 g/mol. The van der Waals surface area contributed by atoms with Crippen LogP contribution in [0.5, 0.6) is 5.75 Å². The first-order valence-corrected chi connectivity index (χ1v) is 10.4. The van der Waals surface area contributed by atoms with Gasteiger partial charge in [0.05, 0.1) is 18.1 Å². The molecule has 29 heavy (non-hydrogen) atoms. The average Bonchev–Trinajstić information content (AvgIpc) is 3.11. The van der Waals surface area contributed by atoms with Gasteiger partial charge in [0.2, 0.25) is 11.7 Å². The molecule has 1 aromatic carbocycles. The molecule has 0 atom stereocenters. The van der Waals surface area contributed by atoms with Crippen LogP contribution in [0.3, 0.4) is 0 Å². The zero-order valence-electron chi connectivity index (χ0n) is 16.7. The molecule has 2 aromatic rings. The second kappa shape index (κ2) is 10.1. The van der Waals surface area contributed by atoms with E-state index in [2.05, 4.69) is 22.4 Å². The summed E-state index contributed by atoms with van der Waals surface area (Å²) >= 11 is 0. The molecule has 1 aliphatic rings. The fourth-order valence-electron chi connectivity index (χ4n) is 3.24. The Balaban J connectivity index is 1.60. The summed E-state index contributed by atoms with van der Waals surface area (Å²) < 4.78 is 51.3. The molecule has 1 aliphatic heterocycles. The number of nitrogens with one attached hydrogen (secondary N) is 1. The van der Waals surface area contributed by atoms with Crippen LogP contribution in [0, 0.1) is 0 Å². The molecule has 5 nitrogen and oxygen atoms in total. The van der Waals surface area contributed by atoms with Gasteiger partial charge in [-0.05, 0) is 24.6 Å². The van der Waals surface area contributed by atoms with Crippen LogP contribution in [-0.2, 0) is 6.18 Å². The molecule has 0 unspecified atom stereocenters. The highest BCUT2D eigenvalue weighted by Crippen LogP contribution is 2.38. The van der Waals surface area contributed by atoms with E-state index in [1.165, 1.54) is 31.7 Å². The van der Waals surface area contributed by atoms with E-state index < -0.39 is 11.7 Å². The van der Waals surface area contributed by atoms with Crippen LogP contribution < -0.4 is 10.1 Å². The molecule has 0 aliphatic carbocycles. The minimum atomic E-state index is -4.52. The van der Waals surface area contributed by atoms with Gasteiger partial charge in [-0.15, -0.1) is 0 Å². The summed E-state index contributed by atoms with van der Waals surface area (Å²) in [5, 5.41) is 6.93. The lowest BCUT2D eigenvalue weighted by molar-refractivity contribution is -0.138. The minimum Gasteiger partial charge on any atom is -0.493 e. The number of ether oxygens (including phenoxy) is 1. The Morgan fingerprint density at radius 3 is 2.48 bits per heavy atom. The standard InChI is InChI=1S/C21H28F3N3O2/c1-2-3-4-5-6-7-8-11-28-18-10-9-15(12-17(18)21(22,23)24)19-26-20(29-27-19)16-13-25-14-16/h9-10,12,16,25H,2-8,11,13-14H2,1H3. The van der Waals surface area contributed by atoms with Crippen molar-refractivity contribution >= 4 is 0 Å². The Bertz CT molecular complexity index is 773. The predicted octanol–water partition coefficient (Wildman–Crippen LogP) is 5.57. The van der Waals surface area contributed by atoms with Gasteiger partial charge in [-0.2, -0.15) is 18.2 Å². The number of hydrogen-bond donors (Lipinski definition) is 1. The summed E-state index contributed by atoms with van der Waals surface area (Å²) in [7, 11) is 0. The second-order valence-electron chi connectivity index (χ2n) is 7.49.